The minimum Gasteiger partial charge on any atom is -0.391 e. The average Bonchev–Trinajstić information content (AvgIpc) is 2.64. The molecule has 0 bridgehead atoms. The number of nitriles is 1. The van der Waals surface area contributed by atoms with Gasteiger partial charge in [0, 0.05) is 6.20 Å². The fraction of sp³-hybridized carbons (Fsp3) is 0.545. The second kappa shape index (κ2) is 4.84. The van der Waals surface area contributed by atoms with Gasteiger partial charge in [0.15, 0.2) is 0 Å². The summed E-state index contributed by atoms with van der Waals surface area (Å²) in [4.78, 5) is 15.2. The third-order valence-corrected chi connectivity index (χ3v) is 3.20. The highest BCUT2D eigenvalue weighted by Gasteiger charge is 2.58. The Balaban J connectivity index is 2.56. The highest BCUT2D eigenvalue weighted by molar-refractivity contribution is 5.25. The van der Waals surface area contributed by atoms with Gasteiger partial charge in [0.05, 0.1) is 6.10 Å². The van der Waals surface area contributed by atoms with Gasteiger partial charge in [-0.25, -0.2) is 4.79 Å². The predicted molar refractivity (Wildman–Crippen MR) is 65.1 cm³/mol. The molecule has 20 heavy (non-hydrogen) atoms. The molecule has 0 aliphatic carbocycles. The summed E-state index contributed by atoms with van der Waals surface area (Å²) in [5, 5.41) is 38.7. The molecule has 2 heterocycles. The van der Waals surface area contributed by atoms with Gasteiger partial charge in [0.25, 0.3) is 5.72 Å². The number of aliphatic hydroxyl groups excluding tert-OH is 3. The van der Waals surface area contributed by atoms with Crippen molar-refractivity contribution in [1.82, 2.24) is 9.55 Å². The Hall–Kier alpha value is -1.99. The van der Waals surface area contributed by atoms with Crippen LogP contribution in [0.15, 0.2) is 17.1 Å². The number of anilines is 1. The van der Waals surface area contributed by atoms with Gasteiger partial charge in [0.2, 0.25) is 0 Å². The zero-order valence-electron chi connectivity index (χ0n) is 10.5. The van der Waals surface area contributed by atoms with E-state index < -0.39 is 35.8 Å². The molecule has 1 aromatic heterocycles. The van der Waals surface area contributed by atoms with Gasteiger partial charge < -0.3 is 25.8 Å². The summed E-state index contributed by atoms with van der Waals surface area (Å²) in [6, 6.07) is 2.91. The lowest BCUT2D eigenvalue weighted by Crippen LogP contribution is -2.49. The SMILES string of the molecule is CC(O)[C@H]1O[C@@](C#N)(n2ccc(N)nc2=O)[C@H](O)[C@@H]1O. The molecule has 5 N–H and O–H groups in total. The van der Waals surface area contributed by atoms with E-state index in [1.807, 2.05) is 0 Å². The molecular weight excluding hydrogens is 268 g/mol. The van der Waals surface area contributed by atoms with Crippen molar-refractivity contribution < 1.29 is 20.1 Å². The number of nitrogens with two attached hydrogens (primary N) is 1. The molecule has 9 heteroatoms. The molecule has 0 amide bonds. The lowest BCUT2D eigenvalue weighted by molar-refractivity contribution is -0.123. The summed E-state index contributed by atoms with van der Waals surface area (Å²) < 4.78 is 6.00. The van der Waals surface area contributed by atoms with E-state index in [9.17, 15) is 25.4 Å². The minimum absolute atomic E-state index is 0.0561. The third kappa shape index (κ3) is 1.95. The van der Waals surface area contributed by atoms with Crippen molar-refractivity contribution >= 4 is 5.82 Å². The fourth-order valence-electron chi connectivity index (χ4n) is 2.16. The van der Waals surface area contributed by atoms with Crippen LogP contribution in [0.3, 0.4) is 0 Å². The van der Waals surface area contributed by atoms with Gasteiger partial charge in [-0.05, 0) is 13.0 Å². The Morgan fingerprint density at radius 1 is 1.65 bits per heavy atom. The van der Waals surface area contributed by atoms with Crippen LogP contribution in [0.1, 0.15) is 6.92 Å². The van der Waals surface area contributed by atoms with Gasteiger partial charge in [-0.1, -0.05) is 0 Å². The molecule has 5 atom stereocenters. The van der Waals surface area contributed by atoms with Crippen LogP contribution in [0.25, 0.3) is 0 Å². The molecular formula is C11H14N4O5. The Bertz CT molecular complexity index is 610. The van der Waals surface area contributed by atoms with E-state index in [2.05, 4.69) is 4.98 Å². The number of hydrogen-bond donors (Lipinski definition) is 4. The summed E-state index contributed by atoms with van der Waals surface area (Å²) in [6.45, 7) is 1.33. The van der Waals surface area contributed by atoms with E-state index in [0.29, 0.717) is 0 Å². The summed E-state index contributed by atoms with van der Waals surface area (Å²) >= 11 is 0. The van der Waals surface area contributed by atoms with Gasteiger partial charge >= 0.3 is 5.69 Å². The third-order valence-electron chi connectivity index (χ3n) is 3.20. The Labute approximate surface area is 113 Å². The molecule has 0 saturated carbocycles. The highest BCUT2D eigenvalue weighted by Crippen LogP contribution is 2.35. The Kier molecular flexibility index (Phi) is 3.49. The number of hydrogen-bond acceptors (Lipinski definition) is 8. The van der Waals surface area contributed by atoms with Crippen LogP contribution in [0.5, 0.6) is 0 Å². The van der Waals surface area contributed by atoms with Crippen molar-refractivity contribution in [3.05, 3.63) is 22.7 Å². The van der Waals surface area contributed by atoms with Gasteiger partial charge in [-0.3, -0.25) is 4.57 Å². The topological polar surface area (TPSA) is 155 Å². The molecule has 1 saturated heterocycles. The molecule has 1 aliphatic heterocycles. The number of nitrogens with zero attached hydrogens (tertiary/aromatic N) is 3. The van der Waals surface area contributed by atoms with Crippen LogP contribution in [-0.4, -0.2) is 49.3 Å². The zero-order chi connectivity index (χ0) is 15.1. The number of ether oxygens (including phenoxy) is 1. The van der Waals surface area contributed by atoms with Crippen molar-refractivity contribution in [3.63, 3.8) is 0 Å². The smallest absolute Gasteiger partial charge is 0.352 e. The first kappa shape index (κ1) is 14.4. The minimum atomic E-state index is -2.17. The molecule has 1 unspecified atom stereocenters. The summed E-state index contributed by atoms with van der Waals surface area (Å²) in [5.74, 6) is -0.0561. The summed E-state index contributed by atoms with van der Waals surface area (Å²) in [5.41, 5.74) is 2.27. The van der Waals surface area contributed by atoms with E-state index in [4.69, 9.17) is 10.5 Å². The van der Waals surface area contributed by atoms with Gasteiger partial charge in [-0.2, -0.15) is 10.2 Å². The standard InChI is InChI=1S/C11H14N4O5/c1-5(16)8-7(17)9(18)11(4-12,20-8)15-3-2-6(13)14-10(15)19/h2-3,5,7-9,16-18H,1H3,(H2,13,14,19)/t5?,7-,8-,9-,11-/m1/s1. The van der Waals surface area contributed by atoms with Crippen molar-refractivity contribution in [2.24, 2.45) is 0 Å². The van der Waals surface area contributed by atoms with Gasteiger partial charge in [-0.15, -0.1) is 0 Å². The average molecular weight is 282 g/mol. The monoisotopic (exact) mass is 282 g/mol. The lowest BCUT2D eigenvalue weighted by atomic mass is 10.0. The molecule has 1 aliphatic rings. The van der Waals surface area contributed by atoms with Crippen LogP contribution in [0.2, 0.25) is 0 Å². The lowest BCUT2D eigenvalue weighted by Gasteiger charge is -2.26. The first-order valence-electron chi connectivity index (χ1n) is 5.82. The second-order valence-corrected chi connectivity index (χ2v) is 4.57. The van der Waals surface area contributed by atoms with Crippen LogP contribution < -0.4 is 11.4 Å². The number of aromatic nitrogens is 2. The quantitative estimate of drug-likeness (QED) is 0.464. The van der Waals surface area contributed by atoms with Crippen molar-refractivity contribution in [3.8, 4) is 6.07 Å². The fourth-order valence-corrected chi connectivity index (χ4v) is 2.16. The van der Waals surface area contributed by atoms with E-state index >= 15 is 0 Å². The highest BCUT2D eigenvalue weighted by atomic mass is 16.6. The van der Waals surface area contributed by atoms with Crippen LogP contribution in [0.4, 0.5) is 5.82 Å². The maximum Gasteiger partial charge on any atom is 0.352 e. The van der Waals surface area contributed by atoms with Crippen molar-refractivity contribution in [2.75, 3.05) is 5.73 Å². The van der Waals surface area contributed by atoms with E-state index in [-0.39, 0.29) is 5.82 Å². The van der Waals surface area contributed by atoms with E-state index in [0.717, 1.165) is 10.8 Å². The zero-order valence-corrected chi connectivity index (χ0v) is 10.5. The molecule has 0 radical (unpaired) electrons. The first-order chi connectivity index (χ1) is 9.33. The molecule has 9 nitrogen and oxygen atoms in total. The molecule has 108 valence electrons. The molecule has 1 aromatic rings. The maximum absolute atomic E-state index is 11.8. The van der Waals surface area contributed by atoms with Crippen LogP contribution >= 0.6 is 0 Å². The Morgan fingerprint density at radius 2 is 2.30 bits per heavy atom. The largest absolute Gasteiger partial charge is 0.391 e. The maximum atomic E-state index is 11.8. The summed E-state index contributed by atoms with van der Waals surface area (Å²) in [6.07, 6.45) is -4.48. The normalized spacial score (nSPS) is 34.6. The number of nitrogen functional groups attached to an aromatic ring is 1. The van der Waals surface area contributed by atoms with E-state index in [1.165, 1.54) is 13.0 Å². The summed E-state index contributed by atoms with van der Waals surface area (Å²) in [7, 11) is 0. The van der Waals surface area contributed by atoms with Crippen molar-refractivity contribution in [1.29, 1.82) is 5.26 Å². The number of rotatable bonds is 2. The second-order valence-electron chi connectivity index (χ2n) is 4.57. The number of aliphatic hydroxyl groups is 3. The molecule has 2 rings (SSSR count). The molecule has 0 spiro atoms. The van der Waals surface area contributed by atoms with Crippen molar-refractivity contribution in [2.45, 2.75) is 37.1 Å². The predicted octanol–water partition coefficient (Wildman–Crippen LogP) is -2.50. The molecule has 0 aromatic carbocycles. The van der Waals surface area contributed by atoms with Crippen LogP contribution in [-0.2, 0) is 10.5 Å². The van der Waals surface area contributed by atoms with Crippen LogP contribution in [0, 0.1) is 11.3 Å². The first-order valence-corrected chi connectivity index (χ1v) is 5.82. The van der Waals surface area contributed by atoms with E-state index in [1.54, 1.807) is 6.07 Å². The Morgan fingerprint density at radius 3 is 2.75 bits per heavy atom. The van der Waals surface area contributed by atoms with Gasteiger partial charge in [0.1, 0.15) is 30.2 Å². The molecule has 1 fully saturated rings.